The predicted molar refractivity (Wildman–Crippen MR) is 58.7 cm³/mol. The van der Waals surface area contributed by atoms with E-state index in [0.29, 0.717) is 19.0 Å². The molecule has 0 fully saturated rings. The molecule has 0 saturated carbocycles. The Kier molecular flexibility index (Phi) is 7.65. The molecule has 0 heterocycles. The van der Waals surface area contributed by atoms with Crippen LogP contribution in [0.5, 0.6) is 0 Å². The highest BCUT2D eigenvalue weighted by Gasteiger charge is 1.89. The second-order valence-electron chi connectivity index (χ2n) is 2.93. The maximum absolute atomic E-state index is 5.44. The van der Waals surface area contributed by atoms with Crippen LogP contribution in [-0.2, 0) is 9.47 Å². The van der Waals surface area contributed by atoms with Crippen molar-refractivity contribution in [2.24, 2.45) is 5.73 Å². The molecule has 0 aliphatic heterocycles. The molecule has 0 aromatic carbocycles. The summed E-state index contributed by atoms with van der Waals surface area (Å²) in [5, 5.41) is 0. The van der Waals surface area contributed by atoms with Gasteiger partial charge in [-0.25, -0.2) is 0 Å². The minimum Gasteiger partial charge on any atom is -0.494 e. The van der Waals surface area contributed by atoms with Gasteiger partial charge in [0.2, 0.25) is 0 Å². The number of nitrogens with two attached hydrogens (primary N) is 1. The van der Waals surface area contributed by atoms with Gasteiger partial charge < -0.3 is 15.2 Å². The first-order valence-electron chi connectivity index (χ1n) is 4.58. The first-order valence-corrected chi connectivity index (χ1v) is 4.58. The van der Waals surface area contributed by atoms with Gasteiger partial charge in [0, 0.05) is 25.8 Å². The SMILES string of the molecule is C=C(/C=C\C=C(\C)N)OCCCOC. The Hall–Kier alpha value is -1.22. The van der Waals surface area contributed by atoms with Crippen LogP contribution in [-0.4, -0.2) is 20.3 Å². The molecule has 3 nitrogen and oxygen atoms in total. The lowest BCUT2D eigenvalue weighted by atomic mass is 10.4. The zero-order chi connectivity index (χ0) is 10.8. The second kappa shape index (κ2) is 8.38. The molecule has 0 aliphatic carbocycles. The van der Waals surface area contributed by atoms with E-state index in [1.807, 2.05) is 13.0 Å². The van der Waals surface area contributed by atoms with Crippen molar-refractivity contribution in [1.29, 1.82) is 0 Å². The Morgan fingerprint density at radius 2 is 2.14 bits per heavy atom. The van der Waals surface area contributed by atoms with E-state index in [1.165, 1.54) is 0 Å². The number of methoxy groups -OCH3 is 1. The van der Waals surface area contributed by atoms with Gasteiger partial charge in [0.1, 0.15) is 5.76 Å². The Morgan fingerprint density at radius 3 is 2.71 bits per heavy atom. The van der Waals surface area contributed by atoms with Gasteiger partial charge in [-0.1, -0.05) is 12.7 Å². The average Bonchev–Trinajstić information content (AvgIpc) is 2.12. The number of hydrogen-bond donors (Lipinski definition) is 1. The van der Waals surface area contributed by atoms with E-state index in [9.17, 15) is 0 Å². The molecular formula is C11H19NO2. The number of ether oxygens (including phenoxy) is 2. The lowest BCUT2D eigenvalue weighted by molar-refractivity contribution is 0.150. The summed E-state index contributed by atoms with van der Waals surface area (Å²) in [6.07, 6.45) is 6.26. The predicted octanol–water partition coefficient (Wildman–Crippen LogP) is 1.97. The minimum absolute atomic E-state index is 0.627. The first-order chi connectivity index (χ1) is 6.66. The largest absolute Gasteiger partial charge is 0.494 e. The van der Waals surface area contributed by atoms with Crippen molar-refractivity contribution < 1.29 is 9.47 Å². The summed E-state index contributed by atoms with van der Waals surface area (Å²) in [5.41, 5.74) is 6.20. The third-order valence-electron chi connectivity index (χ3n) is 1.42. The Bertz CT molecular complexity index is 215. The van der Waals surface area contributed by atoms with E-state index < -0.39 is 0 Å². The van der Waals surface area contributed by atoms with Crippen molar-refractivity contribution in [2.75, 3.05) is 20.3 Å². The fourth-order valence-electron chi connectivity index (χ4n) is 0.762. The van der Waals surface area contributed by atoms with Crippen molar-refractivity contribution in [3.63, 3.8) is 0 Å². The van der Waals surface area contributed by atoms with Crippen molar-refractivity contribution in [2.45, 2.75) is 13.3 Å². The molecule has 0 unspecified atom stereocenters. The third kappa shape index (κ3) is 8.87. The molecule has 0 saturated heterocycles. The molecule has 2 N–H and O–H groups in total. The summed E-state index contributed by atoms with van der Waals surface area (Å²) in [4.78, 5) is 0. The summed E-state index contributed by atoms with van der Waals surface area (Å²) in [5.74, 6) is 0.638. The van der Waals surface area contributed by atoms with E-state index >= 15 is 0 Å². The molecule has 0 rings (SSSR count). The van der Waals surface area contributed by atoms with E-state index in [1.54, 1.807) is 19.3 Å². The number of allylic oxidation sites excluding steroid dienone is 4. The average molecular weight is 197 g/mol. The first kappa shape index (κ1) is 12.8. The van der Waals surface area contributed by atoms with Gasteiger partial charge in [-0.3, -0.25) is 0 Å². The van der Waals surface area contributed by atoms with Gasteiger partial charge in [0.15, 0.2) is 0 Å². The lowest BCUT2D eigenvalue weighted by Gasteiger charge is -2.04. The van der Waals surface area contributed by atoms with Gasteiger partial charge in [-0.15, -0.1) is 0 Å². The van der Waals surface area contributed by atoms with Crippen molar-refractivity contribution in [3.8, 4) is 0 Å². The third-order valence-corrected chi connectivity index (χ3v) is 1.42. The van der Waals surface area contributed by atoms with Crippen LogP contribution in [0.4, 0.5) is 0 Å². The minimum atomic E-state index is 0.627. The Morgan fingerprint density at radius 1 is 1.43 bits per heavy atom. The maximum Gasteiger partial charge on any atom is 0.112 e. The van der Waals surface area contributed by atoms with Crippen LogP contribution in [0, 0.1) is 0 Å². The summed E-state index contributed by atoms with van der Waals surface area (Å²) in [7, 11) is 1.67. The molecule has 0 aromatic rings. The lowest BCUT2D eigenvalue weighted by Crippen LogP contribution is -1.97. The van der Waals surface area contributed by atoms with Crippen molar-refractivity contribution in [1.82, 2.24) is 0 Å². The molecule has 0 bridgehead atoms. The second-order valence-corrected chi connectivity index (χ2v) is 2.93. The van der Waals surface area contributed by atoms with E-state index in [2.05, 4.69) is 6.58 Å². The van der Waals surface area contributed by atoms with Gasteiger partial charge >= 0.3 is 0 Å². The molecule has 0 spiro atoms. The number of hydrogen-bond acceptors (Lipinski definition) is 3. The smallest absolute Gasteiger partial charge is 0.112 e. The van der Waals surface area contributed by atoms with E-state index in [4.69, 9.17) is 15.2 Å². The van der Waals surface area contributed by atoms with E-state index in [0.717, 1.165) is 12.1 Å². The fraction of sp³-hybridized carbons (Fsp3) is 0.455. The molecular weight excluding hydrogens is 178 g/mol. The topological polar surface area (TPSA) is 44.5 Å². The van der Waals surface area contributed by atoms with Crippen molar-refractivity contribution in [3.05, 3.63) is 36.3 Å². The zero-order valence-corrected chi connectivity index (χ0v) is 8.95. The highest BCUT2D eigenvalue weighted by molar-refractivity contribution is 5.16. The molecule has 0 amide bonds. The van der Waals surface area contributed by atoms with Crippen LogP contribution < -0.4 is 5.73 Å². The fourth-order valence-corrected chi connectivity index (χ4v) is 0.762. The molecule has 14 heavy (non-hydrogen) atoms. The van der Waals surface area contributed by atoms with Gasteiger partial charge in [0.05, 0.1) is 6.61 Å². The van der Waals surface area contributed by atoms with Gasteiger partial charge in [0.25, 0.3) is 0 Å². The molecule has 0 aromatic heterocycles. The summed E-state index contributed by atoms with van der Waals surface area (Å²) < 4.78 is 10.2. The molecule has 0 aliphatic rings. The van der Waals surface area contributed by atoms with Crippen LogP contribution in [0.1, 0.15) is 13.3 Å². The molecule has 0 radical (unpaired) electrons. The maximum atomic E-state index is 5.44. The quantitative estimate of drug-likeness (QED) is 0.385. The molecule has 3 heteroatoms. The summed E-state index contributed by atoms with van der Waals surface area (Å²) >= 11 is 0. The summed E-state index contributed by atoms with van der Waals surface area (Å²) in [6.45, 7) is 6.89. The van der Waals surface area contributed by atoms with Crippen molar-refractivity contribution >= 4 is 0 Å². The Balaban J connectivity index is 3.55. The van der Waals surface area contributed by atoms with Gasteiger partial charge in [-0.2, -0.15) is 0 Å². The summed E-state index contributed by atoms with van der Waals surface area (Å²) in [6, 6.07) is 0. The van der Waals surface area contributed by atoms with Crippen LogP contribution in [0.25, 0.3) is 0 Å². The Labute approximate surface area is 85.9 Å². The number of rotatable bonds is 7. The highest BCUT2D eigenvalue weighted by atomic mass is 16.5. The molecule has 0 atom stereocenters. The zero-order valence-electron chi connectivity index (χ0n) is 8.95. The van der Waals surface area contributed by atoms with Gasteiger partial charge in [-0.05, 0) is 19.1 Å². The highest BCUT2D eigenvalue weighted by Crippen LogP contribution is 1.98. The molecule has 80 valence electrons. The van der Waals surface area contributed by atoms with Crippen LogP contribution in [0.2, 0.25) is 0 Å². The standard InChI is InChI=1S/C11H19NO2/c1-10(12)6-4-7-11(2)14-9-5-8-13-3/h4,6-7H,2,5,8-9,12H2,1,3H3/b7-4-,10-6-. The van der Waals surface area contributed by atoms with Crippen LogP contribution in [0.3, 0.4) is 0 Å². The normalized spacial score (nSPS) is 12.0. The van der Waals surface area contributed by atoms with Crippen LogP contribution in [0.15, 0.2) is 36.3 Å². The van der Waals surface area contributed by atoms with E-state index in [-0.39, 0.29) is 0 Å². The van der Waals surface area contributed by atoms with Crippen LogP contribution >= 0.6 is 0 Å². The monoisotopic (exact) mass is 197 g/mol.